The molecule has 1 rings (SSSR count). The quantitative estimate of drug-likeness (QED) is 0.618. The summed E-state index contributed by atoms with van der Waals surface area (Å²) in [7, 11) is 0. The number of aliphatic hydroxyl groups excluding tert-OH is 1. The zero-order chi connectivity index (χ0) is 8.81. The van der Waals surface area contributed by atoms with Crippen LogP contribution in [0.1, 0.15) is 19.3 Å². The number of carbonyl (C=O) groups excluding carboxylic acids is 1. The van der Waals surface area contributed by atoms with Crippen LogP contribution in [-0.4, -0.2) is 42.5 Å². The van der Waals surface area contributed by atoms with Crippen molar-refractivity contribution < 1.29 is 9.90 Å². The Morgan fingerprint density at radius 2 is 2.08 bits per heavy atom. The predicted octanol–water partition coefficient (Wildman–Crippen LogP) is 0.280. The molecule has 70 valence electrons. The summed E-state index contributed by atoms with van der Waals surface area (Å²) in [6.07, 6.45) is 3.77. The van der Waals surface area contributed by atoms with Crippen molar-refractivity contribution in [3.63, 3.8) is 0 Å². The monoisotopic (exact) mass is 171 g/mol. The van der Waals surface area contributed by atoms with Gasteiger partial charge in [0.15, 0.2) is 0 Å². The lowest BCUT2D eigenvalue weighted by atomic mass is 9.98. The zero-order valence-corrected chi connectivity index (χ0v) is 7.41. The van der Waals surface area contributed by atoms with E-state index in [1.165, 1.54) is 0 Å². The molecule has 3 nitrogen and oxygen atoms in total. The molecule has 0 aromatic heterocycles. The summed E-state index contributed by atoms with van der Waals surface area (Å²) in [6.45, 7) is 3.29. The Balaban J connectivity index is 2.12. The van der Waals surface area contributed by atoms with Gasteiger partial charge >= 0.3 is 0 Å². The third kappa shape index (κ3) is 2.91. The van der Waals surface area contributed by atoms with Crippen LogP contribution in [0.25, 0.3) is 0 Å². The number of rotatable bonds is 4. The van der Waals surface area contributed by atoms with E-state index in [1.807, 2.05) is 0 Å². The Kier molecular flexibility index (Phi) is 4.25. The maximum absolute atomic E-state index is 10.1. The Morgan fingerprint density at radius 3 is 2.58 bits per heavy atom. The van der Waals surface area contributed by atoms with E-state index in [1.54, 1.807) is 0 Å². The van der Waals surface area contributed by atoms with Crippen LogP contribution in [0.4, 0.5) is 0 Å². The first-order chi connectivity index (χ1) is 5.86. The van der Waals surface area contributed by atoms with Crippen LogP contribution in [0.3, 0.4) is 0 Å². The van der Waals surface area contributed by atoms with Crippen LogP contribution in [0.15, 0.2) is 0 Å². The maximum atomic E-state index is 10.1. The SMILES string of the molecule is O=CCCN1CCC(CO)CC1. The van der Waals surface area contributed by atoms with Crippen LogP contribution in [0.5, 0.6) is 0 Å². The lowest BCUT2D eigenvalue weighted by Gasteiger charge is -2.30. The van der Waals surface area contributed by atoms with E-state index in [0.29, 0.717) is 18.9 Å². The van der Waals surface area contributed by atoms with Gasteiger partial charge < -0.3 is 14.8 Å². The number of likely N-dealkylation sites (tertiary alicyclic amines) is 1. The van der Waals surface area contributed by atoms with Gasteiger partial charge in [-0.25, -0.2) is 0 Å². The molecule has 0 spiro atoms. The number of hydrogen-bond donors (Lipinski definition) is 1. The van der Waals surface area contributed by atoms with Crippen LogP contribution >= 0.6 is 0 Å². The topological polar surface area (TPSA) is 40.5 Å². The lowest BCUT2D eigenvalue weighted by molar-refractivity contribution is -0.108. The Hall–Kier alpha value is -0.410. The van der Waals surface area contributed by atoms with E-state index in [4.69, 9.17) is 5.11 Å². The van der Waals surface area contributed by atoms with E-state index >= 15 is 0 Å². The highest BCUT2D eigenvalue weighted by molar-refractivity contribution is 5.49. The molecule has 0 radical (unpaired) electrons. The molecular formula is C9H17NO2. The molecule has 0 aliphatic carbocycles. The first kappa shape index (κ1) is 9.68. The Morgan fingerprint density at radius 1 is 1.42 bits per heavy atom. The summed E-state index contributed by atoms with van der Waals surface area (Å²) >= 11 is 0. The lowest BCUT2D eigenvalue weighted by Crippen LogP contribution is -2.35. The van der Waals surface area contributed by atoms with Gasteiger partial charge in [-0.05, 0) is 31.8 Å². The van der Waals surface area contributed by atoms with Gasteiger partial charge in [0.05, 0.1) is 0 Å². The van der Waals surface area contributed by atoms with E-state index in [9.17, 15) is 4.79 Å². The molecule has 1 fully saturated rings. The van der Waals surface area contributed by atoms with Crippen molar-refractivity contribution >= 4 is 6.29 Å². The molecule has 0 unspecified atom stereocenters. The molecule has 0 amide bonds. The van der Waals surface area contributed by atoms with Gasteiger partial charge in [-0.15, -0.1) is 0 Å². The minimum atomic E-state index is 0.321. The van der Waals surface area contributed by atoms with Crippen LogP contribution < -0.4 is 0 Å². The molecule has 0 saturated carbocycles. The number of hydrogen-bond acceptors (Lipinski definition) is 3. The second-order valence-electron chi connectivity index (χ2n) is 3.42. The fourth-order valence-electron chi connectivity index (χ4n) is 1.63. The van der Waals surface area contributed by atoms with Crippen LogP contribution in [0, 0.1) is 5.92 Å². The van der Waals surface area contributed by atoms with Gasteiger partial charge in [-0.2, -0.15) is 0 Å². The third-order valence-corrected chi connectivity index (χ3v) is 2.53. The van der Waals surface area contributed by atoms with E-state index in [2.05, 4.69) is 4.90 Å². The third-order valence-electron chi connectivity index (χ3n) is 2.53. The molecule has 0 aromatic carbocycles. The van der Waals surface area contributed by atoms with Crippen molar-refractivity contribution in [1.82, 2.24) is 4.90 Å². The van der Waals surface area contributed by atoms with Gasteiger partial charge in [0.1, 0.15) is 6.29 Å². The van der Waals surface area contributed by atoms with Crippen LogP contribution in [-0.2, 0) is 4.79 Å². The summed E-state index contributed by atoms with van der Waals surface area (Å²) < 4.78 is 0. The fourth-order valence-corrected chi connectivity index (χ4v) is 1.63. The molecule has 1 aliphatic rings. The highest BCUT2D eigenvalue weighted by Gasteiger charge is 2.17. The summed E-state index contributed by atoms with van der Waals surface area (Å²) in [5.41, 5.74) is 0. The molecule has 0 bridgehead atoms. The first-order valence-electron chi connectivity index (χ1n) is 4.63. The van der Waals surface area contributed by atoms with Crippen molar-refractivity contribution in [3.05, 3.63) is 0 Å². The standard InChI is InChI=1S/C9H17NO2/c11-7-1-4-10-5-2-9(8-12)3-6-10/h7,9,12H,1-6,8H2. The normalized spacial score (nSPS) is 21.1. The summed E-state index contributed by atoms with van der Waals surface area (Å²) in [5.74, 6) is 0.498. The van der Waals surface area contributed by atoms with Gasteiger partial charge in [-0.3, -0.25) is 0 Å². The molecule has 0 aromatic rings. The van der Waals surface area contributed by atoms with Gasteiger partial charge in [0, 0.05) is 19.6 Å². The van der Waals surface area contributed by atoms with Crippen molar-refractivity contribution in [2.45, 2.75) is 19.3 Å². The highest BCUT2D eigenvalue weighted by Crippen LogP contribution is 2.15. The largest absolute Gasteiger partial charge is 0.396 e. The molecule has 3 heteroatoms. The highest BCUT2D eigenvalue weighted by atomic mass is 16.3. The van der Waals surface area contributed by atoms with Gasteiger partial charge in [0.25, 0.3) is 0 Å². The number of nitrogens with zero attached hydrogens (tertiary/aromatic N) is 1. The second-order valence-corrected chi connectivity index (χ2v) is 3.42. The minimum absolute atomic E-state index is 0.321. The summed E-state index contributed by atoms with van der Waals surface area (Å²) in [6, 6.07) is 0. The predicted molar refractivity (Wildman–Crippen MR) is 46.9 cm³/mol. The number of aliphatic hydroxyl groups is 1. The smallest absolute Gasteiger partial charge is 0.121 e. The molecule has 1 saturated heterocycles. The zero-order valence-electron chi connectivity index (χ0n) is 7.41. The maximum Gasteiger partial charge on any atom is 0.121 e. The molecule has 1 heterocycles. The van der Waals surface area contributed by atoms with Gasteiger partial charge in [-0.1, -0.05) is 0 Å². The summed E-state index contributed by atoms with van der Waals surface area (Å²) in [4.78, 5) is 12.4. The van der Waals surface area contributed by atoms with E-state index < -0.39 is 0 Å². The van der Waals surface area contributed by atoms with Gasteiger partial charge in [0.2, 0.25) is 0 Å². The molecule has 1 aliphatic heterocycles. The average Bonchev–Trinajstić information content (AvgIpc) is 2.15. The Bertz CT molecular complexity index is 130. The number of aldehydes is 1. The molecular weight excluding hydrogens is 154 g/mol. The fraction of sp³-hybridized carbons (Fsp3) is 0.889. The Labute approximate surface area is 73.4 Å². The van der Waals surface area contributed by atoms with Crippen molar-refractivity contribution in [1.29, 1.82) is 0 Å². The second kappa shape index (κ2) is 5.27. The van der Waals surface area contributed by atoms with E-state index in [0.717, 1.165) is 38.8 Å². The van der Waals surface area contributed by atoms with Crippen molar-refractivity contribution in [2.24, 2.45) is 5.92 Å². The van der Waals surface area contributed by atoms with Crippen molar-refractivity contribution in [2.75, 3.05) is 26.2 Å². The first-order valence-corrected chi connectivity index (χ1v) is 4.63. The summed E-state index contributed by atoms with van der Waals surface area (Å²) in [5, 5.41) is 8.88. The molecule has 0 atom stereocenters. The van der Waals surface area contributed by atoms with Crippen molar-refractivity contribution in [3.8, 4) is 0 Å². The average molecular weight is 171 g/mol. The molecule has 12 heavy (non-hydrogen) atoms. The minimum Gasteiger partial charge on any atom is -0.396 e. The number of carbonyl (C=O) groups is 1. The van der Waals surface area contributed by atoms with Crippen LogP contribution in [0.2, 0.25) is 0 Å². The molecule has 1 N–H and O–H groups in total. The number of piperidine rings is 1. The van der Waals surface area contributed by atoms with E-state index in [-0.39, 0.29) is 0 Å².